The van der Waals surface area contributed by atoms with E-state index in [1.165, 1.54) is 12.3 Å². The van der Waals surface area contributed by atoms with Gasteiger partial charge in [0.1, 0.15) is 5.82 Å². The molecule has 0 aromatic carbocycles. The molecule has 110 valence electrons. The van der Waals surface area contributed by atoms with Gasteiger partial charge in [-0.1, -0.05) is 0 Å². The molecule has 2 amide bonds. The number of hydrogen-bond donors (Lipinski definition) is 3. The number of rotatable bonds is 6. The predicted molar refractivity (Wildman–Crippen MR) is 78.3 cm³/mol. The van der Waals surface area contributed by atoms with E-state index in [0.29, 0.717) is 12.4 Å². The van der Waals surface area contributed by atoms with Gasteiger partial charge in [-0.3, -0.25) is 9.59 Å². The van der Waals surface area contributed by atoms with Gasteiger partial charge in [0.15, 0.2) is 0 Å². The molecule has 0 fully saturated rings. The summed E-state index contributed by atoms with van der Waals surface area (Å²) in [6.45, 7) is 6.40. The van der Waals surface area contributed by atoms with Gasteiger partial charge in [-0.15, -0.1) is 0 Å². The third-order valence-electron chi connectivity index (χ3n) is 2.68. The molecular formula is C13H21N5O2. The summed E-state index contributed by atoms with van der Waals surface area (Å²) in [5.41, 5.74) is 11.3. The molecule has 20 heavy (non-hydrogen) atoms. The van der Waals surface area contributed by atoms with Crippen molar-refractivity contribution < 1.29 is 9.59 Å². The first kappa shape index (κ1) is 15.7. The molecule has 0 bridgehead atoms. The second kappa shape index (κ2) is 6.74. The minimum Gasteiger partial charge on any atom is -0.397 e. The van der Waals surface area contributed by atoms with Gasteiger partial charge in [0.2, 0.25) is 5.91 Å². The Labute approximate surface area is 118 Å². The summed E-state index contributed by atoms with van der Waals surface area (Å²) in [6, 6.07) is 1.57. The van der Waals surface area contributed by atoms with Crippen molar-refractivity contribution in [1.29, 1.82) is 0 Å². The number of nitrogen functional groups attached to an aromatic ring is 1. The van der Waals surface area contributed by atoms with E-state index in [0.717, 1.165) is 0 Å². The van der Waals surface area contributed by atoms with Gasteiger partial charge in [-0.25, -0.2) is 4.98 Å². The molecular weight excluding hydrogens is 258 g/mol. The Balaban J connectivity index is 2.92. The van der Waals surface area contributed by atoms with E-state index in [1.807, 2.05) is 20.8 Å². The lowest BCUT2D eigenvalue weighted by Gasteiger charge is -2.22. The molecule has 0 aliphatic rings. The van der Waals surface area contributed by atoms with Crippen LogP contribution in [0.25, 0.3) is 0 Å². The van der Waals surface area contributed by atoms with Crippen LogP contribution in [0.5, 0.6) is 0 Å². The minimum absolute atomic E-state index is 0.0711. The molecule has 0 aliphatic heterocycles. The average Bonchev–Trinajstić information content (AvgIpc) is 2.35. The van der Waals surface area contributed by atoms with Crippen LogP contribution in [0.15, 0.2) is 12.3 Å². The molecule has 7 heteroatoms. The highest BCUT2D eigenvalue weighted by Gasteiger charge is 2.15. The summed E-state index contributed by atoms with van der Waals surface area (Å²) in [5.74, 6) is -0.232. The van der Waals surface area contributed by atoms with Gasteiger partial charge >= 0.3 is 0 Å². The molecule has 1 aromatic rings. The van der Waals surface area contributed by atoms with Crippen molar-refractivity contribution in [3.63, 3.8) is 0 Å². The zero-order chi connectivity index (χ0) is 15.3. The molecule has 0 radical (unpaired) electrons. The first-order valence-electron chi connectivity index (χ1n) is 6.44. The molecule has 0 spiro atoms. The predicted octanol–water partition coefficient (Wildman–Crippen LogP) is 0.114. The third kappa shape index (κ3) is 4.11. The number of carbonyl (C=O) groups is 2. The highest BCUT2D eigenvalue weighted by Crippen LogP contribution is 2.17. The maximum absolute atomic E-state index is 11.8. The quantitative estimate of drug-likeness (QED) is 0.684. The van der Waals surface area contributed by atoms with Crippen molar-refractivity contribution in [1.82, 2.24) is 10.3 Å². The van der Waals surface area contributed by atoms with Gasteiger partial charge in [-0.05, 0) is 26.8 Å². The number of aromatic nitrogens is 1. The molecule has 0 saturated heterocycles. The standard InChI is InChI=1S/C13H21N5O2/c1-4-18(7-12(19)17-8(2)3)11-5-9(13(15)20)10(14)6-16-11/h5-6,8H,4,7,14H2,1-3H3,(H2,15,20)(H,17,19). The molecule has 1 aromatic heterocycles. The monoisotopic (exact) mass is 279 g/mol. The van der Waals surface area contributed by atoms with Gasteiger partial charge in [0.05, 0.1) is 24.0 Å². The fourth-order valence-corrected chi connectivity index (χ4v) is 1.74. The van der Waals surface area contributed by atoms with E-state index in [1.54, 1.807) is 4.90 Å². The van der Waals surface area contributed by atoms with Crippen molar-refractivity contribution >= 4 is 23.3 Å². The summed E-state index contributed by atoms with van der Waals surface area (Å²) < 4.78 is 0. The lowest BCUT2D eigenvalue weighted by molar-refractivity contribution is -0.120. The number of anilines is 2. The average molecular weight is 279 g/mol. The zero-order valence-electron chi connectivity index (χ0n) is 12.0. The SMILES string of the molecule is CCN(CC(=O)NC(C)C)c1cc(C(N)=O)c(N)cn1. The van der Waals surface area contributed by atoms with Crippen LogP contribution in [0.2, 0.25) is 0 Å². The van der Waals surface area contributed by atoms with Crippen molar-refractivity contribution in [2.24, 2.45) is 5.73 Å². The fraction of sp³-hybridized carbons (Fsp3) is 0.462. The molecule has 5 N–H and O–H groups in total. The molecule has 0 atom stereocenters. The molecule has 1 heterocycles. The summed E-state index contributed by atoms with van der Waals surface area (Å²) in [6.07, 6.45) is 1.37. The number of primary amides is 1. The lowest BCUT2D eigenvalue weighted by atomic mass is 10.2. The Morgan fingerprint density at radius 2 is 2.10 bits per heavy atom. The van der Waals surface area contributed by atoms with E-state index < -0.39 is 5.91 Å². The molecule has 0 saturated carbocycles. The number of nitrogens with zero attached hydrogens (tertiary/aromatic N) is 2. The Hall–Kier alpha value is -2.31. The van der Waals surface area contributed by atoms with Crippen molar-refractivity contribution in [2.45, 2.75) is 26.8 Å². The minimum atomic E-state index is -0.617. The third-order valence-corrected chi connectivity index (χ3v) is 2.68. The lowest BCUT2D eigenvalue weighted by Crippen LogP contribution is -2.40. The number of pyridine rings is 1. The molecule has 0 unspecified atom stereocenters. The van der Waals surface area contributed by atoms with Gasteiger partial charge < -0.3 is 21.7 Å². The first-order valence-corrected chi connectivity index (χ1v) is 6.44. The van der Waals surface area contributed by atoms with Crippen molar-refractivity contribution in [3.05, 3.63) is 17.8 Å². The second-order valence-electron chi connectivity index (χ2n) is 4.73. The van der Waals surface area contributed by atoms with Gasteiger partial charge in [0.25, 0.3) is 5.91 Å². The van der Waals surface area contributed by atoms with Crippen LogP contribution in [-0.2, 0) is 4.79 Å². The Bertz CT molecular complexity index is 502. The number of likely N-dealkylation sites (N-methyl/N-ethyl adjacent to an activating group) is 1. The Kier molecular flexibility index (Phi) is 5.31. The van der Waals surface area contributed by atoms with Crippen LogP contribution in [0.4, 0.5) is 11.5 Å². The van der Waals surface area contributed by atoms with Crippen molar-refractivity contribution in [2.75, 3.05) is 23.7 Å². The number of carbonyl (C=O) groups excluding carboxylic acids is 2. The highest BCUT2D eigenvalue weighted by atomic mass is 16.2. The van der Waals surface area contributed by atoms with Crippen LogP contribution >= 0.6 is 0 Å². The van der Waals surface area contributed by atoms with Crippen LogP contribution in [0.1, 0.15) is 31.1 Å². The summed E-state index contributed by atoms with van der Waals surface area (Å²) in [5, 5.41) is 2.80. The maximum Gasteiger partial charge on any atom is 0.250 e. The summed E-state index contributed by atoms with van der Waals surface area (Å²) in [7, 11) is 0. The summed E-state index contributed by atoms with van der Waals surface area (Å²) >= 11 is 0. The van der Waals surface area contributed by atoms with E-state index in [-0.39, 0.29) is 29.7 Å². The number of nitrogens with one attached hydrogen (secondary N) is 1. The number of amides is 2. The van der Waals surface area contributed by atoms with Gasteiger partial charge in [0, 0.05) is 12.6 Å². The maximum atomic E-state index is 11.8. The molecule has 7 nitrogen and oxygen atoms in total. The van der Waals surface area contributed by atoms with Gasteiger partial charge in [-0.2, -0.15) is 0 Å². The normalized spacial score (nSPS) is 10.4. The Morgan fingerprint density at radius 3 is 2.60 bits per heavy atom. The Morgan fingerprint density at radius 1 is 1.45 bits per heavy atom. The number of hydrogen-bond acceptors (Lipinski definition) is 5. The van der Waals surface area contributed by atoms with E-state index in [9.17, 15) is 9.59 Å². The highest BCUT2D eigenvalue weighted by molar-refractivity contribution is 5.98. The van der Waals surface area contributed by atoms with Crippen molar-refractivity contribution in [3.8, 4) is 0 Å². The molecule has 0 aliphatic carbocycles. The van der Waals surface area contributed by atoms with Crippen LogP contribution in [0.3, 0.4) is 0 Å². The fourth-order valence-electron chi connectivity index (χ4n) is 1.74. The molecule has 1 rings (SSSR count). The first-order chi connectivity index (χ1) is 9.35. The smallest absolute Gasteiger partial charge is 0.250 e. The van der Waals surface area contributed by atoms with Crippen LogP contribution < -0.4 is 21.7 Å². The van der Waals surface area contributed by atoms with E-state index >= 15 is 0 Å². The van der Waals surface area contributed by atoms with Crippen LogP contribution in [0, 0.1) is 0 Å². The zero-order valence-corrected chi connectivity index (χ0v) is 12.0. The van der Waals surface area contributed by atoms with Crippen LogP contribution in [-0.4, -0.2) is 35.9 Å². The van der Waals surface area contributed by atoms with E-state index in [4.69, 9.17) is 11.5 Å². The van der Waals surface area contributed by atoms with E-state index in [2.05, 4.69) is 10.3 Å². The largest absolute Gasteiger partial charge is 0.397 e. The number of nitrogens with two attached hydrogens (primary N) is 2. The summed E-state index contributed by atoms with van der Waals surface area (Å²) in [4.78, 5) is 28.9. The topological polar surface area (TPSA) is 114 Å². The second-order valence-corrected chi connectivity index (χ2v) is 4.73.